The van der Waals surface area contributed by atoms with Gasteiger partial charge in [0.15, 0.2) is 5.11 Å². The summed E-state index contributed by atoms with van der Waals surface area (Å²) < 4.78 is 10.6. The Bertz CT molecular complexity index is 385. The Morgan fingerprint density at radius 2 is 2.11 bits per heavy atom. The minimum atomic E-state index is 0.117. The smallest absolute Gasteiger partial charge is 0.170 e. The van der Waals surface area contributed by atoms with Crippen LogP contribution in [0.2, 0.25) is 0 Å². The normalized spacial score (nSPS) is 11.7. The second kappa shape index (κ2) is 7.89. The molecule has 0 spiro atoms. The van der Waals surface area contributed by atoms with Crippen LogP contribution in [0.3, 0.4) is 0 Å². The summed E-state index contributed by atoms with van der Waals surface area (Å²) in [4.78, 5) is 0. The molecule has 0 saturated carbocycles. The Balaban J connectivity index is 2.53. The van der Waals surface area contributed by atoms with Gasteiger partial charge in [-0.1, -0.05) is 12.1 Å². The summed E-state index contributed by atoms with van der Waals surface area (Å²) in [6, 6.07) is 7.70. The predicted octanol–water partition coefficient (Wildman–Crippen LogP) is 2.41. The molecule has 0 aliphatic rings. The summed E-state index contributed by atoms with van der Waals surface area (Å²) in [5, 5.41) is 6.77. The van der Waals surface area contributed by atoms with E-state index in [2.05, 4.69) is 10.6 Å². The maximum absolute atomic E-state index is 5.51. The van der Waals surface area contributed by atoms with Gasteiger partial charge < -0.3 is 20.1 Å². The first-order valence-electron chi connectivity index (χ1n) is 5.96. The van der Waals surface area contributed by atoms with Gasteiger partial charge in [0.25, 0.3) is 0 Å². The minimum absolute atomic E-state index is 0.117. The number of methoxy groups -OCH3 is 1. The summed E-state index contributed by atoms with van der Waals surface area (Å²) in [5.74, 6) is 0.795. The maximum atomic E-state index is 5.51. The zero-order valence-corrected chi connectivity index (χ0v) is 11.8. The number of ether oxygens (including phenoxy) is 2. The number of thiocarbonyl (C=S) groups is 1. The molecule has 1 aromatic carbocycles. The lowest BCUT2D eigenvalue weighted by Crippen LogP contribution is -2.34. The second-order valence-corrected chi connectivity index (χ2v) is 4.22. The first kappa shape index (κ1) is 14.7. The Labute approximate surface area is 114 Å². The van der Waals surface area contributed by atoms with Gasteiger partial charge in [-0.05, 0) is 38.2 Å². The van der Waals surface area contributed by atoms with E-state index >= 15 is 0 Å². The van der Waals surface area contributed by atoms with Crippen molar-refractivity contribution in [3.8, 4) is 5.75 Å². The monoisotopic (exact) mass is 268 g/mol. The van der Waals surface area contributed by atoms with Gasteiger partial charge in [-0.2, -0.15) is 0 Å². The highest BCUT2D eigenvalue weighted by molar-refractivity contribution is 7.80. The molecule has 0 saturated heterocycles. The first-order chi connectivity index (χ1) is 8.67. The molecule has 0 amide bonds. The molecule has 18 heavy (non-hydrogen) atoms. The number of hydrogen-bond donors (Lipinski definition) is 2. The molecule has 1 unspecified atom stereocenters. The van der Waals surface area contributed by atoms with E-state index in [0.717, 1.165) is 11.4 Å². The summed E-state index contributed by atoms with van der Waals surface area (Å²) in [5.41, 5.74) is 0.863. The molecule has 1 rings (SSSR count). The van der Waals surface area contributed by atoms with Crippen LogP contribution in [0.5, 0.6) is 5.75 Å². The second-order valence-electron chi connectivity index (χ2n) is 3.81. The van der Waals surface area contributed by atoms with Crippen LogP contribution in [-0.4, -0.2) is 31.5 Å². The average molecular weight is 268 g/mol. The van der Waals surface area contributed by atoms with E-state index in [-0.39, 0.29) is 6.10 Å². The van der Waals surface area contributed by atoms with E-state index in [1.807, 2.05) is 38.1 Å². The SMILES string of the molecule is CCOc1ccccc1NC(=S)NCC(C)OC. The van der Waals surface area contributed by atoms with Crippen molar-refractivity contribution >= 4 is 23.0 Å². The lowest BCUT2D eigenvalue weighted by molar-refractivity contribution is 0.121. The zero-order valence-electron chi connectivity index (χ0n) is 11.0. The lowest BCUT2D eigenvalue weighted by atomic mass is 10.3. The Morgan fingerprint density at radius 1 is 1.39 bits per heavy atom. The van der Waals surface area contributed by atoms with E-state index in [0.29, 0.717) is 18.3 Å². The molecule has 100 valence electrons. The number of hydrogen-bond acceptors (Lipinski definition) is 3. The Hall–Kier alpha value is -1.33. The average Bonchev–Trinajstić information content (AvgIpc) is 2.38. The van der Waals surface area contributed by atoms with Gasteiger partial charge in [0.05, 0.1) is 18.4 Å². The third kappa shape index (κ3) is 4.89. The molecular formula is C13H20N2O2S. The third-order valence-electron chi connectivity index (χ3n) is 2.39. The van der Waals surface area contributed by atoms with Crippen LogP contribution in [0.25, 0.3) is 0 Å². The number of benzene rings is 1. The molecular weight excluding hydrogens is 248 g/mol. The van der Waals surface area contributed by atoms with Crippen molar-refractivity contribution < 1.29 is 9.47 Å². The van der Waals surface area contributed by atoms with Crippen LogP contribution >= 0.6 is 12.2 Å². The minimum Gasteiger partial charge on any atom is -0.492 e. The summed E-state index contributed by atoms with van der Waals surface area (Å²) in [6.07, 6.45) is 0.117. The van der Waals surface area contributed by atoms with Crippen molar-refractivity contribution in [3.63, 3.8) is 0 Å². The van der Waals surface area contributed by atoms with Crippen LogP contribution in [-0.2, 0) is 4.74 Å². The summed E-state index contributed by atoms with van der Waals surface area (Å²) >= 11 is 5.21. The standard InChI is InChI=1S/C13H20N2O2S/c1-4-17-12-8-6-5-7-11(12)15-13(18)14-9-10(2)16-3/h5-8,10H,4,9H2,1-3H3,(H2,14,15,18). The molecule has 2 N–H and O–H groups in total. The van der Waals surface area contributed by atoms with Crippen molar-refractivity contribution in [1.29, 1.82) is 0 Å². The molecule has 0 fully saturated rings. The fourth-order valence-corrected chi connectivity index (χ4v) is 1.53. The summed E-state index contributed by atoms with van der Waals surface area (Å²) in [6.45, 7) is 5.22. The molecule has 5 heteroatoms. The molecule has 0 bridgehead atoms. The maximum Gasteiger partial charge on any atom is 0.170 e. The Kier molecular flexibility index (Phi) is 6.46. The molecule has 1 atom stereocenters. The van der Waals surface area contributed by atoms with Gasteiger partial charge in [0, 0.05) is 13.7 Å². The third-order valence-corrected chi connectivity index (χ3v) is 2.63. The molecule has 0 radical (unpaired) electrons. The first-order valence-corrected chi connectivity index (χ1v) is 6.37. The van der Waals surface area contributed by atoms with E-state index in [9.17, 15) is 0 Å². The van der Waals surface area contributed by atoms with Crippen LogP contribution < -0.4 is 15.4 Å². The fourth-order valence-electron chi connectivity index (χ4n) is 1.34. The number of rotatable bonds is 6. The molecule has 0 aliphatic carbocycles. The number of nitrogens with one attached hydrogen (secondary N) is 2. The Morgan fingerprint density at radius 3 is 2.78 bits per heavy atom. The van der Waals surface area contributed by atoms with Crippen LogP contribution in [0.1, 0.15) is 13.8 Å². The van der Waals surface area contributed by atoms with Crippen molar-refractivity contribution in [3.05, 3.63) is 24.3 Å². The van der Waals surface area contributed by atoms with Gasteiger partial charge >= 0.3 is 0 Å². The number of anilines is 1. The number of para-hydroxylation sites is 2. The van der Waals surface area contributed by atoms with Crippen molar-refractivity contribution in [2.45, 2.75) is 20.0 Å². The largest absolute Gasteiger partial charge is 0.492 e. The topological polar surface area (TPSA) is 42.5 Å². The van der Waals surface area contributed by atoms with Crippen molar-refractivity contribution in [1.82, 2.24) is 5.32 Å². The van der Waals surface area contributed by atoms with E-state index < -0.39 is 0 Å². The van der Waals surface area contributed by atoms with Crippen LogP contribution in [0.4, 0.5) is 5.69 Å². The molecule has 1 aromatic rings. The van der Waals surface area contributed by atoms with E-state index in [1.54, 1.807) is 7.11 Å². The molecule has 0 heterocycles. The molecule has 4 nitrogen and oxygen atoms in total. The summed E-state index contributed by atoms with van der Waals surface area (Å²) in [7, 11) is 1.67. The zero-order chi connectivity index (χ0) is 13.4. The fraction of sp³-hybridized carbons (Fsp3) is 0.462. The van der Waals surface area contributed by atoms with Crippen molar-refractivity contribution in [2.75, 3.05) is 25.6 Å². The van der Waals surface area contributed by atoms with E-state index in [4.69, 9.17) is 21.7 Å². The quantitative estimate of drug-likeness (QED) is 0.776. The van der Waals surface area contributed by atoms with Gasteiger partial charge in [-0.25, -0.2) is 0 Å². The van der Waals surface area contributed by atoms with Gasteiger partial charge in [0.1, 0.15) is 5.75 Å². The van der Waals surface area contributed by atoms with Crippen molar-refractivity contribution in [2.24, 2.45) is 0 Å². The highest BCUT2D eigenvalue weighted by Crippen LogP contribution is 2.23. The molecule has 0 aliphatic heterocycles. The predicted molar refractivity (Wildman–Crippen MR) is 78.3 cm³/mol. The lowest BCUT2D eigenvalue weighted by Gasteiger charge is -2.16. The highest BCUT2D eigenvalue weighted by atomic mass is 32.1. The van der Waals surface area contributed by atoms with Crippen LogP contribution in [0, 0.1) is 0 Å². The van der Waals surface area contributed by atoms with Crippen LogP contribution in [0.15, 0.2) is 24.3 Å². The van der Waals surface area contributed by atoms with Gasteiger partial charge in [-0.15, -0.1) is 0 Å². The van der Waals surface area contributed by atoms with E-state index in [1.165, 1.54) is 0 Å². The van der Waals surface area contributed by atoms with Gasteiger partial charge in [0.2, 0.25) is 0 Å². The molecule has 0 aromatic heterocycles. The highest BCUT2D eigenvalue weighted by Gasteiger charge is 2.05. The van der Waals surface area contributed by atoms with Gasteiger partial charge in [-0.3, -0.25) is 0 Å².